The van der Waals surface area contributed by atoms with Crippen LogP contribution in [0.3, 0.4) is 0 Å². The Kier molecular flexibility index (Phi) is 7.27. The quantitative estimate of drug-likeness (QED) is 0.369. The molecule has 0 fully saturated rings. The van der Waals surface area contributed by atoms with E-state index in [4.69, 9.17) is 0 Å². The predicted molar refractivity (Wildman–Crippen MR) is 135 cm³/mol. The van der Waals surface area contributed by atoms with Crippen molar-refractivity contribution in [3.05, 3.63) is 132 Å². The van der Waals surface area contributed by atoms with E-state index in [0.29, 0.717) is 5.69 Å². The number of rotatable bonds is 8. The Morgan fingerprint density at radius 2 is 1.43 bits per heavy atom. The van der Waals surface area contributed by atoms with Gasteiger partial charge in [0.25, 0.3) is 10.0 Å². The number of para-hydroxylation sites is 1. The number of carbonyl (C=O) groups is 1. The Morgan fingerprint density at radius 3 is 2.06 bits per heavy atom. The van der Waals surface area contributed by atoms with Crippen molar-refractivity contribution in [2.75, 3.05) is 10.8 Å². The van der Waals surface area contributed by atoms with Crippen molar-refractivity contribution in [1.82, 2.24) is 5.32 Å². The highest BCUT2D eigenvalue weighted by atomic mass is 32.2. The highest BCUT2D eigenvalue weighted by molar-refractivity contribution is 7.92. The van der Waals surface area contributed by atoms with E-state index in [1.807, 2.05) is 61.5 Å². The van der Waals surface area contributed by atoms with Crippen LogP contribution in [0.25, 0.3) is 0 Å². The molecule has 0 aliphatic rings. The Labute approximate surface area is 204 Å². The Morgan fingerprint density at radius 1 is 0.829 bits per heavy atom. The van der Waals surface area contributed by atoms with Crippen LogP contribution >= 0.6 is 0 Å². The SMILES string of the molecule is Cc1cccc(C(NC(=O)CN(c2ccccc2)S(=O)(=O)c2ccc(F)cc2)c2ccccc2)c1. The minimum Gasteiger partial charge on any atom is -0.344 e. The largest absolute Gasteiger partial charge is 0.344 e. The first-order valence-electron chi connectivity index (χ1n) is 11.1. The number of hydrogen-bond acceptors (Lipinski definition) is 3. The molecule has 0 spiro atoms. The van der Waals surface area contributed by atoms with Gasteiger partial charge in [0.05, 0.1) is 16.6 Å². The fraction of sp³-hybridized carbons (Fsp3) is 0.107. The number of nitrogens with one attached hydrogen (secondary N) is 1. The molecule has 0 saturated carbocycles. The molecule has 4 aromatic rings. The fourth-order valence-electron chi connectivity index (χ4n) is 3.83. The molecule has 5 nitrogen and oxygen atoms in total. The highest BCUT2D eigenvalue weighted by Gasteiger charge is 2.28. The number of amides is 1. The third-order valence-electron chi connectivity index (χ3n) is 5.55. The van der Waals surface area contributed by atoms with E-state index in [9.17, 15) is 17.6 Å². The van der Waals surface area contributed by atoms with Gasteiger partial charge in [-0.25, -0.2) is 12.8 Å². The average Bonchev–Trinajstić information content (AvgIpc) is 2.87. The lowest BCUT2D eigenvalue weighted by Gasteiger charge is -2.26. The van der Waals surface area contributed by atoms with Crippen LogP contribution in [0.5, 0.6) is 0 Å². The molecule has 4 aromatic carbocycles. The second kappa shape index (κ2) is 10.5. The highest BCUT2D eigenvalue weighted by Crippen LogP contribution is 2.26. The molecule has 35 heavy (non-hydrogen) atoms. The van der Waals surface area contributed by atoms with Gasteiger partial charge < -0.3 is 5.32 Å². The molecule has 0 bridgehead atoms. The summed E-state index contributed by atoms with van der Waals surface area (Å²) in [7, 11) is -4.13. The number of anilines is 1. The van der Waals surface area contributed by atoms with Gasteiger partial charge in [0.2, 0.25) is 5.91 Å². The van der Waals surface area contributed by atoms with Crippen LogP contribution in [0, 0.1) is 12.7 Å². The first kappa shape index (κ1) is 24.2. The molecule has 0 aliphatic heterocycles. The summed E-state index contributed by atoms with van der Waals surface area (Å²) in [4.78, 5) is 13.2. The van der Waals surface area contributed by atoms with Gasteiger partial charge in [0, 0.05) is 0 Å². The number of halogens is 1. The minimum atomic E-state index is -4.13. The van der Waals surface area contributed by atoms with Crippen molar-refractivity contribution in [2.24, 2.45) is 0 Å². The van der Waals surface area contributed by atoms with Crippen LogP contribution in [-0.4, -0.2) is 20.9 Å². The predicted octanol–water partition coefficient (Wildman–Crippen LogP) is 5.24. The molecule has 1 amide bonds. The zero-order valence-electron chi connectivity index (χ0n) is 19.1. The lowest BCUT2D eigenvalue weighted by molar-refractivity contribution is -0.120. The second-order valence-electron chi connectivity index (χ2n) is 8.13. The van der Waals surface area contributed by atoms with E-state index in [1.165, 1.54) is 12.1 Å². The molecule has 0 aromatic heterocycles. The van der Waals surface area contributed by atoms with Gasteiger partial charge in [-0.1, -0.05) is 78.4 Å². The van der Waals surface area contributed by atoms with Crippen molar-refractivity contribution in [3.63, 3.8) is 0 Å². The van der Waals surface area contributed by atoms with Crippen molar-refractivity contribution in [1.29, 1.82) is 0 Å². The summed E-state index contributed by atoms with van der Waals surface area (Å²) in [6.45, 7) is 1.53. The molecule has 0 aliphatic carbocycles. The maximum Gasteiger partial charge on any atom is 0.264 e. The molecule has 1 N–H and O–H groups in total. The lowest BCUT2D eigenvalue weighted by Crippen LogP contribution is -2.42. The Balaban J connectivity index is 1.67. The van der Waals surface area contributed by atoms with Gasteiger partial charge >= 0.3 is 0 Å². The summed E-state index contributed by atoms with van der Waals surface area (Å²) in [6, 6.07) is 29.8. The minimum absolute atomic E-state index is 0.103. The number of aryl methyl sites for hydroxylation is 1. The second-order valence-corrected chi connectivity index (χ2v) is 9.99. The van der Waals surface area contributed by atoms with Crippen molar-refractivity contribution < 1.29 is 17.6 Å². The molecular formula is C28H25FN2O3S. The van der Waals surface area contributed by atoms with Gasteiger partial charge in [-0.15, -0.1) is 0 Å². The van der Waals surface area contributed by atoms with Crippen LogP contribution in [0.2, 0.25) is 0 Å². The third-order valence-corrected chi connectivity index (χ3v) is 7.33. The average molecular weight is 489 g/mol. The normalized spacial score (nSPS) is 12.1. The number of nitrogens with zero attached hydrogens (tertiary/aromatic N) is 1. The van der Waals surface area contributed by atoms with E-state index in [1.54, 1.807) is 30.3 Å². The van der Waals surface area contributed by atoms with Gasteiger partial charge in [0.15, 0.2) is 0 Å². The van der Waals surface area contributed by atoms with Crippen LogP contribution in [0.1, 0.15) is 22.7 Å². The monoisotopic (exact) mass is 488 g/mol. The van der Waals surface area contributed by atoms with Gasteiger partial charge in [-0.3, -0.25) is 9.10 Å². The summed E-state index contributed by atoms with van der Waals surface area (Å²) in [5.41, 5.74) is 3.14. The van der Waals surface area contributed by atoms with Crippen molar-refractivity contribution in [2.45, 2.75) is 17.9 Å². The number of carbonyl (C=O) groups excluding carboxylic acids is 1. The number of sulfonamides is 1. The summed E-state index contributed by atoms with van der Waals surface area (Å²) < 4.78 is 41.4. The summed E-state index contributed by atoms with van der Waals surface area (Å²) in [6.07, 6.45) is 0. The van der Waals surface area contributed by atoms with E-state index in [2.05, 4.69) is 5.32 Å². The smallest absolute Gasteiger partial charge is 0.264 e. The molecular weight excluding hydrogens is 463 g/mol. The molecule has 0 radical (unpaired) electrons. The van der Waals surface area contributed by atoms with Crippen LogP contribution in [0.15, 0.2) is 114 Å². The molecule has 0 saturated heterocycles. The van der Waals surface area contributed by atoms with Crippen molar-refractivity contribution in [3.8, 4) is 0 Å². The van der Waals surface area contributed by atoms with Crippen molar-refractivity contribution >= 4 is 21.6 Å². The maximum atomic E-state index is 13.5. The van der Waals surface area contributed by atoms with E-state index >= 15 is 0 Å². The summed E-state index contributed by atoms with van der Waals surface area (Å²) >= 11 is 0. The molecule has 1 unspecified atom stereocenters. The zero-order chi connectivity index (χ0) is 24.8. The summed E-state index contributed by atoms with van der Waals surface area (Å²) in [5.74, 6) is -1.02. The first-order chi connectivity index (χ1) is 16.8. The Bertz CT molecular complexity index is 1390. The topological polar surface area (TPSA) is 66.5 Å². The standard InChI is InChI=1S/C28H25FN2O3S/c1-21-9-8-12-23(19-21)28(22-10-4-2-5-11-22)30-27(32)20-31(25-13-6-3-7-14-25)35(33,34)26-17-15-24(29)16-18-26/h2-19,28H,20H2,1H3,(H,30,32). The zero-order valence-corrected chi connectivity index (χ0v) is 20.0. The van der Waals surface area contributed by atoms with E-state index in [0.717, 1.165) is 33.1 Å². The molecule has 4 rings (SSSR count). The molecule has 7 heteroatoms. The number of hydrogen-bond donors (Lipinski definition) is 1. The number of benzene rings is 4. The molecule has 1 atom stereocenters. The first-order valence-corrected chi connectivity index (χ1v) is 12.5. The van der Waals surface area contributed by atoms with Crippen LogP contribution in [0.4, 0.5) is 10.1 Å². The lowest BCUT2D eigenvalue weighted by atomic mass is 9.97. The van der Waals surface area contributed by atoms with Gasteiger partial charge in [-0.05, 0) is 54.4 Å². The van der Waals surface area contributed by atoms with Crippen LogP contribution < -0.4 is 9.62 Å². The third kappa shape index (κ3) is 5.75. The van der Waals surface area contributed by atoms with Crippen LogP contribution in [-0.2, 0) is 14.8 Å². The van der Waals surface area contributed by atoms with E-state index in [-0.39, 0.29) is 4.90 Å². The molecule has 178 valence electrons. The summed E-state index contributed by atoms with van der Waals surface area (Å²) in [5, 5.41) is 3.00. The molecule has 0 heterocycles. The fourth-order valence-corrected chi connectivity index (χ4v) is 5.26. The Hall–Kier alpha value is -3.97. The van der Waals surface area contributed by atoms with Gasteiger partial charge in [0.1, 0.15) is 12.4 Å². The van der Waals surface area contributed by atoms with E-state index < -0.39 is 34.3 Å². The van der Waals surface area contributed by atoms with Gasteiger partial charge in [-0.2, -0.15) is 0 Å². The maximum absolute atomic E-state index is 13.5.